The van der Waals surface area contributed by atoms with E-state index in [1.165, 1.54) is 39.7 Å². The lowest BCUT2D eigenvalue weighted by molar-refractivity contribution is -0.115. The van der Waals surface area contributed by atoms with Crippen LogP contribution in [0.4, 0.5) is 10.8 Å². The van der Waals surface area contributed by atoms with Gasteiger partial charge in [0, 0.05) is 17.1 Å². The smallest absolute Gasteiger partial charge is 0.250 e. The van der Waals surface area contributed by atoms with Gasteiger partial charge in [-0.25, -0.2) is 4.98 Å². The summed E-state index contributed by atoms with van der Waals surface area (Å²) in [4.78, 5) is 29.0. The second-order valence-corrected chi connectivity index (χ2v) is 8.67. The summed E-state index contributed by atoms with van der Waals surface area (Å²) >= 11 is 1.30. The van der Waals surface area contributed by atoms with Crippen LogP contribution in [-0.2, 0) is 22.4 Å². The van der Waals surface area contributed by atoms with Gasteiger partial charge in [-0.3, -0.25) is 14.9 Å². The Balaban J connectivity index is 1.17. The second kappa shape index (κ2) is 9.22. The van der Waals surface area contributed by atoms with Crippen molar-refractivity contribution < 1.29 is 9.59 Å². The third kappa shape index (κ3) is 4.91. The predicted molar refractivity (Wildman–Crippen MR) is 133 cm³/mol. The molecule has 3 aromatic carbocycles. The van der Waals surface area contributed by atoms with Crippen molar-refractivity contribution >= 4 is 40.0 Å². The highest BCUT2D eigenvalue weighted by Crippen LogP contribution is 2.37. The quantitative estimate of drug-likeness (QED) is 0.333. The van der Waals surface area contributed by atoms with Crippen molar-refractivity contribution in [1.82, 2.24) is 4.98 Å². The molecule has 0 radical (unpaired) electrons. The van der Waals surface area contributed by atoms with Crippen LogP contribution in [0.15, 0.2) is 84.3 Å². The van der Waals surface area contributed by atoms with E-state index in [2.05, 4.69) is 39.9 Å². The third-order valence-electron chi connectivity index (χ3n) is 5.43. The van der Waals surface area contributed by atoms with Crippen molar-refractivity contribution in [3.05, 3.63) is 107 Å². The number of nitrogens with zero attached hydrogens (tertiary/aromatic N) is 1. The van der Waals surface area contributed by atoms with Gasteiger partial charge in [0.15, 0.2) is 5.13 Å². The topological polar surface area (TPSA) is 71.1 Å². The van der Waals surface area contributed by atoms with Gasteiger partial charge in [0.2, 0.25) is 11.8 Å². The molecule has 33 heavy (non-hydrogen) atoms. The Morgan fingerprint density at radius 2 is 1.70 bits per heavy atom. The van der Waals surface area contributed by atoms with Crippen LogP contribution in [0, 0.1) is 0 Å². The van der Waals surface area contributed by atoms with Crippen molar-refractivity contribution in [2.24, 2.45) is 0 Å². The summed E-state index contributed by atoms with van der Waals surface area (Å²) in [5.41, 5.74) is 7.36. The molecule has 4 aromatic rings. The number of fused-ring (bicyclic) bond motifs is 3. The molecule has 0 unspecified atom stereocenters. The summed E-state index contributed by atoms with van der Waals surface area (Å²) in [5.74, 6) is -0.402. The SMILES string of the molecule is O=C(/C=C/c1ccccc1)Nc1nc(CC(=O)Nc2ccc3c(c2)Cc2ccccc2-3)cs1. The molecule has 0 aliphatic heterocycles. The zero-order chi connectivity index (χ0) is 22.6. The Morgan fingerprint density at radius 3 is 2.58 bits per heavy atom. The van der Waals surface area contributed by atoms with Crippen LogP contribution in [0.3, 0.4) is 0 Å². The normalized spacial score (nSPS) is 11.8. The molecule has 1 aliphatic rings. The van der Waals surface area contributed by atoms with Gasteiger partial charge in [-0.2, -0.15) is 0 Å². The van der Waals surface area contributed by atoms with Crippen molar-refractivity contribution in [2.45, 2.75) is 12.8 Å². The molecule has 0 fully saturated rings. The lowest BCUT2D eigenvalue weighted by atomic mass is 10.1. The number of hydrogen-bond donors (Lipinski definition) is 2. The maximum Gasteiger partial charge on any atom is 0.250 e. The van der Waals surface area contributed by atoms with Crippen molar-refractivity contribution in [3.8, 4) is 11.1 Å². The van der Waals surface area contributed by atoms with Gasteiger partial charge in [0.25, 0.3) is 0 Å². The van der Waals surface area contributed by atoms with Gasteiger partial charge in [-0.15, -0.1) is 11.3 Å². The van der Waals surface area contributed by atoms with E-state index in [1.54, 1.807) is 11.5 Å². The zero-order valence-corrected chi connectivity index (χ0v) is 18.6. The minimum Gasteiger partial charge on any atom is -0.326 e. The highest BCUT2D eigenvalue weighted by Gasteiger charge is 2.18. The largest absolute Gasteiger partial charge is 0.326 e. The molecule has 0 saturated carbocycles. The minimum absolute atomic E-state index is 0.141. The number of rotatable bonds is 6. The molecule has 5 nitrogen and oxygen atoms in total. The van der Waals surface area contributed by atoms with Gasteiger partial charge in [-0.1, -0.05) is 60.7 Å². The van der Waals surface area contributed by atoms with Crippen molar-refractivity contribution in [2.75, 3.05) is 10.6 Å². The number of amides is 2. The van der Waals surface area contributed by atoms with E-state index in [0.29, 0.717) is 10.8 Å². The average Bonchev–Trinajstić information content (AvgIpc) is 3.41. The van der Waals surface area contributed by atoms with Crippen molar-refractivity contribution in [3.63, 3.8) is 0 Å². The van der Waals surface area contributed by atoms with Crippen LogP contribution >= 0.6 is 11.3 Å². The van der Waals surface area contributed by atoms with E-state index in [-0.39, 0.29) is 18.2 Å². The third-order valence-corrected chi connectivity index (χ3v) is 6.23. The summed E-state index contributed by atoms with van der Waals surface area (Å²) in [6.45, 7) is 0. The fourth-order valence-corrected chi connectivity index (χ4v) is 4.63. The van der Waals surface area contributed by atoms with E-state index in [1.807, 2.05) is 48.5 Å². The molecule has 1 aliphatic carbocycles. The fourth-order valence-electron chi connectivity index (χ4n) is 3.92. The summed E-state index contributed by atoms with van der Waals surface area (Å²) in [5, 5.41) is 7.96. The van der Waals surface area contributed by atoms with Crippen LogP contribution in [0.1, 0.15) is 22.4 Å². The average molecular weight is 452 g/mol. The highest BCUT2D eigenvalue weighted by atomic mass is 32.1. The lowest BCUT2D eigenvalue weighted by Gasteiger charge is -2.07. The van der Waals surface area contributed by atoms with Crippen LogP contribution < -0.4 is 10.6 Å². The number of carbonyl (C=O) groups is 2. The first-order chi connectivity index (χ1) is 16.1. The van der Waals surface area contributed by atoms with Crippen LogP contribution in [0.25, 0.3) is 17.2 Å². The van der Waals surface area contributed by atoms with Crippen LogP contribution in [0.5, 0.6) is 0 Å². The first kappa shape index (κ1) is 20.8. The van der Waals surface area contributed by atoms with E-state index in [0.717, 1.165) is 17.7 Å². The molecule has 0 bridgehead atoms. The number of hydrogen-bond acceptors (Lipinski definition) is 4. The molecular weight excluding hydrogens is 430 g/mol. The zero-order valence-electron chi connectivity index (χ0n) is 17.7. The van der Waals surface area contributed by atoms with Crippen LogP contribution in [-0.4, -0.2) is 16.8 Å². The van der Waals surface area contributed by atoms with E-state index >= 15 is 0 Å². The molecule has 6 heteroatoms. The monoisotopic (exact) mass is 451 g/mol. The highest BCUT2D eigenvalue weighted by molar-refractivity contribution is 7.14. The second-order valence-electron chi connectivity index (χ2n) is 7.81. The predicted octanol–water partition coefficient (Wildman–Crippen LogP) is 5.55. The lowest BCUT2D eigenvalue weighted by Crippen LogP contribution is -2.15. The van der Waals surface area contributed by atoms with Gasteiger partial charge < -0.3 is 5.32 Å². The van der Waals surface area contributed by atoms with E-state index in [9.17, 15) is 9.59 Å². The Morgan fingerprint density at radius 1 is 0.909 bits per heavy atom. The van der Waals surface area contributed by atoms with Gasteiger partial charge in [-0.05, 0) is 52.4 Å². The van der Waals surface area contributed by atoms with Crippen LogP contribution in [0.2, 0.25) is 0 Å². The number of anilines is 2. The maximum absolute atomic E-state index is 12.5. The molecular formula is C27H21N3O2S. The molecule has 2 N–H and O–H groups in total. The summed E-state index contributed by atoms with van der Waals surface area (Å²) in [7, 11) is 0. The summed E-state index contributed by atoms with van der Waals surface area (Å²) in [6, 6.07) is 24.0. The molecule has 1 aromatic heterocycles. The van der Waals surface area contributed by atoms with Gasteiger partial charge in [0.05, 0.1) is 12.1 Å². The van der Waals surface area contributed by atoms with E-state index < -0.39 is 0 Å². The number of nitrogens with one attached hydrogen (secondary N) is 2. The van der Waals surface area contributed by atoms with Crippen molar-refractivity contribution in [1.29, 1.82) is 0 Å². The standard InChI is InChI=1S/C27H21N3O2S/c31-25(13-10-18-6-2-1-3-7-18)30-27-29-22(17-33-27)16-26(32)28-21-11-12-24-20(15-21)14-19-8-4-5-9-23(19)24/h1-13,15,17H,14,16H2,(H,28,32)(H,29,30,31)/b13-10+. The molecule has 162 valence electrons. The molecule has 2 amide bonds. The number of aromatic nitrogens is 1. The molecule has 5 rings (SSSR count). The van der Waals surface area contributed by atoms with Gasteiger partial charge in [0.1, 0.15) is 0 Å². The summed E-state index contributed by atoms with van der Waals surface area (Å²) < 4.78 is 0. The first-order valence-electron chi connectivity index (χ1n) is 10.6. The summed E-state index contributed by atoms with van der Waals surface area (Å²) in [6.07, 6.45) is 4.23. The Bertz CT molecular complexity index is 1360. The van der Waals surface area contributed by atoms with E-state index in [4.69, 9.17) is 0 Å². The molecule has 1 heterocycles. The number of carbonyl (C=O) groups excluding carboxylic acids is 2. The molecule has 0 atom stereocenters. The minimum atomic E-state index is -0.261. The Kier molecular flexibility index (Phi) is 5.83. The number of thiazole rings is 1. The Labute approximate surface area is 195 Å². The molecule has 0 spiro atoms. The number of benzene rings is 3. The Hall–Kier alpha value is -4.03. The first-order valence-corrected chi connectivity index (χ1v) is 11.5. The fraction of sp³-hybridized carbons (Fsp3) is 0.0741. The van der Waals surface area contributed by atoms with Gasteiger partial charge >= 0.3 is 0 Å². The maximum atomic E-state index is 12.5. The molecule has 0 saturated heterocycles.